The van der Waals surface area contributed by atoms with Crippen LogP contribution < -0.4 is 4.74 Å². The van der Waals surface area contributed by atoms with Crippen LogP contribution in [-0.4, -0.2) is 53.8 Å². The smallest absolute Gasteiger partial charge is 0.130 e. The van der Waals surface area contributed by atoms with Crippen LogP contribution >= 0.6 is 0 Å². The van der Waals surface area contributed by atoms with E-state index in [1.807, 2.05) is 25.1 Å². The summed E-state index contributed by atoms with van der Waals surface area (Å²) < 4.78 is 32.9. The highest BCUT2D eigenvalue weighted by Gasteiger charge is 2.27. The van der Waals surface area contributed by atoms with Crippen molar-refractivity contribution < 1.29 is 18.6 Å². The molecule has 0 bridgehead atoms. The van der Waals surface area contributed by atoms with Gasteiger partial charge in [-0.15, -0.1) is 0 Å². The van der Waals surface area contributed by atoms with Crippen LogP contribution in [0.2, 0.25) is 0 Å². The van der Waals surface area contributed by atoms with E-state index >= 15 is 0 Å². The molecule has 1 unspecified atom stereocenters. The van der Waals surface area contributed by atoms with Crippen LogP contribution in [0.5, 0.6) is 5.75 Å². The van der Waals surface area contributed by atoms with E-state index in [1.165, 1.54) is 12.1 Å². The quantitative estimate of drug-likeness (QED) is 0.749. The Kier molecular flexibility index (Phi) is 7.36. The second kappa shape index (κ2) is 9.96. The highest BCUT2D eigenvalue weighted by Crippen LogP contribution is 2.24. The molecule has 6 heteroatoms. The van der Waals surface area contributed by atoms with Gasteiger partial charge in [0.15, 0.2) is 0 Å². The predicted molar refractivity (Wildman–Crippen MR) is 105 cm³/mol. The molecule has 1 fully saturated rings. The SMILES string of the molecule is CCOc1ccccc1CN1CCN(Cc2ccc(F)cc2F)CC1CCO. The van der Waals surface area contributed by atoms with Crippen molar-refractivity contribution in [3.63, 3.8) is 0 Å². The van der Waals surface area contributed by atoms with Crippen LogP contribution in [0.1, 0.15) is 24.5 Å². The minimum atomic E-state index is -0.558. The zero-order chi connectivity index (χ0) is 19.9. The van der Waals surface area contributed by atoms with Crippen LogP contribution in [0.4, 0.5) is 8.78 Å². The molecule has 4 nitrogen and oxygen atoms in total. The summed E-state index contributed by atoms with van der Waals surface area (Å²) >= 11 is 0. The molecule has 1 atom stereocenters. The first-order valence-electron chi connectivity index (χ1n) is 9.82. The van der Waals surface area contributed by atoms with Gasteiger partial charge in [0.2, 0.25) is 0 Å². The summed E-state index contributed by atoms with van der Waals surface area (Å²) in [5, 5.41) is 9.52. The van der Waals surface area contributed by atoms with Gasteiger partial charge >= 0.3 is 0 Å². The van der Waals surface area contributed by atoms with E-state index in [0.717, 1.165) is 43.6 Å². The molecule has 1 heterocycles. The summed E-state index contributed by atoms with van der Waals surface area (Å²) in [5.41, 5.74) is 1.63. The van der Waals surface area contributed by atoms with E-state index in [-0.39, 0.29) is 12.6 Å². The molecule has 0 radical (unpaired) electrons. The van der Waals surface area contributed by atoms with E-state index in [1.54, 1.807) is 0 Å². The normalized spacial score (nSPS) is 18.4. The fourth-order valence-electron chi connectivity index (χ4n) is 3.77. The maximum Gasteiger partial charge on any atom is 0.130 e. The average molecular weight is 390 g/mol. The molecule has 152 valence electrons. The molecule has 2 aromatic carbocycles. The van der Waals surface area contributed by atoms with Gasteiger partial charge < -0.3 is 9.84 Å². The van der Waals surface area contributed by atoms with E-state index < -0.39 is 11.6 Å². The third kappa shape index (κ3) is 5.28. The number of benzene rings is 2. The Hall–Kier alpha value is -2.02. The molecule has 1 saturated heterocycles. The Morgan fingerprint density at radius 3 is 2.64 bits per heavy atom. The number of hydrogen-bond donors (Lipinski definition) is 1. The van der Waals surface area contributed by atoms with Crippen LogP contribution in [0, 0.1) is 11.6 Å². The Labute approximate surface area is 165 Å². The molecule has 3 rings (SSSR count). The molecule has 2 aromatic rings. The van der Waals surface area contributed by atoms with Crippen molar-refractivity contribution in [2.24, 2.45) is 0 Å². The topological polar surface area (TPSA) is 35.9 Å². The lowest BCUT2D eigenvalue weighted by Gasteiger charge is -2.41. The number of piperazine rings is 1. The molecule has 28 heavy (non-hydrogen) atoms. The summed E-state index contributed by atoms with van der Waals surface area (Å²) in [6.07, 6.45) is 0.652. The number of halogens is 2. The number of ether oxygens (including phenoxy) is 1. The third-order valence-electron chi connectivity index (χ3n) is 5.21. The fourth-order valence-corrected chi connectivity index (χ4v) is 3.77. The van der Waals surface area contributed by atoms with Crippen molar-refractivity contribution in [2.75, 3.05) is 32.8 Å². The van der Waals surface area contributed by atoms with Gasteiger partial charge in [0.05, 0.1) is 6.61 Å². The molecule has 0 aliphatic carbocycles. The summed E-state index contributed by atoms with van der Waals surface area (Å²) in [6.45, 7) is 6.22. The first-order valence-corrected chi connectivity index (χ1v) is 9.82. The van der Waals surface area contributed by atoms with Gasteiger partial charge in [-0.05, 0) is 25.5 Å². The zero-order valence-corrected chi connectivity index (χ0v) is 16.3. The predicted octanol–water partition coefficient (Wildman–Crippen LogP) is 3.43. The fraction of sp³-hybridized carbons (Fsp3) is 0.455. The van der Waals surface area contributed by atoms with Crippen molar-refractivity contribution in [1.29, 1.82) is 0 Å². The van der Waals surface area contributed by atoms with Crippen molar-refractivity contribution >= 4 is 0 Å². The summed E-state index contributed by atoms with van der Waals surface area (Å²) in [7, 11) is 0. The molecule has 0 spiro atoms. The van der Waals surface area contributed by atoms with E-state index in [4.69, 9.17) is 4.74 Å². The van der Waals surface area contributed by atoms with Gasteiger partial charge in [0.1, 0.15) is 17.4 Å². The lowest BCUT2D eigenvalue weighted by Crippen LogP contribution is -2.52. The van der Waals surface area contributed by atoms with Gasteiger partial charge in [-0.1, -0.05) is 24.3 Å². The molecule has 1 N–H and O–H groups in total. The second-order valence-electron chi connectivity index (χ2n) is 7.15. The van der Waals surface area contributed by atoms with Gasteiger partial charge in [0.25, 0.3) is 0 Å². The standard InChI is InChI=1S/C22H28F2N2O2/c1-2-28-22-6-4-3-5-18(22)15-26-11-10-25(16-20(26)9-12-27)14-17-7-8-19(23)13-21(17)24/h3-8,13,20,27H,2,9-12,14-16H2,1H3. The molecule has 0 aromatic heterocycles. The lowest BCUT2D eigenvalue weighted by molar-refractivity contribution is 0.0489. The molecular weight excluding hydrogens is 362 g/mol. The van der Waals surface area contributed by atoms with E-state index in [0.29, 0.717) is 25.1 Å². The van der Waals surface area contributed by atoms with Crippen LogP contribution in [-0.2, 0) is 13.1 Å². The first kappa shape index (κ1) is 20.7. The zero-order valence-electron chi connectivity index (χ0n) is 16.3. The largest absolute Gasteiger partial charge is 0.494 e. The third-order valence-corrected chi connectivity index (χ3v) is 5.21. The molecule has 0 saturated carbocycles. The van der Waals surface area contributed by atoms with Gasteiger partial charge in [0, 0.05) is 62.6 Å². The minimum absolute atomic E-state index is 0.104. The number of para-hydroxylation sites is 1. The van der Waals surface area contributed by atoms with Crippen molar-refractivity contribution in [3.8, 4) is 5.75 Å². The van der Waals surface area contributed by atoms with Gasteiger partial charge in [-0.25, -0.2) is 8.78 Å². The molecule has 1 aliphatic rings. The van der Waals surface area contributed by atoms with Crippen molar-refractivity contribution in [1.82, 2.24) is 9.80 Å². The summed E-state index contributed by atoms with van der Waals surface area (Å²) in [6, 6.07) is 11.9. The molecular formula is C22H28F2N2O2. The first-order chi connectivity index (χ1) is 13.6. The number of nitrogens with zero attached hydrogens (tertiary/aromatic N) is 2. The average Bonchev–Trinajstić information content (AvgIpc) is 2.68. The maximum absolute atomic E-state index is 14.0. The van der Waals surface area contributed by atoms with Gasteiger partial charge in [-0.2, -0.15) is 0 Å². The lowest BCUT2D eigenvalue weighted by atomic mass is 10.1. The Morgan fingerprint density at radius 1 is 1.07 bits per heavy atom. The highest BCUT2D eigenvalue weighted by molar-refractivity contribution is 5.33. The monoisotopic (exact) mass is 390 g/mol. The molecule has 0 amide bonds. The molecule has 1 aliphatic heterocycles. The van der Waals surface area contributed by atoms with E-state index in [2.05, 4.69) is 15.9 Å². The van der Waals surface area contributed by atoms with Crippen molar-refractivity contribution in [3.05, 3.63) is 65.2 Å². The highest BCUT2D eigenvalue weighted by atomic mass is 19.1. The van der Waals surface area contributed by atoms with Crippen molar-refractivity contribution in [2.45, 2.75) is 32.5 Å². The van der Waals surface area contributed by atoms with Gasteiger partial charge in [-0.3, -0.25) is 9.80 Å². The number of aliphatic hydroxyl groups is 1. The number of rotatable bonds is 8. The Bertz CT molecular complexity index is 772. The Morgan fingerprint density at radius 2 is 1.89 bits per heavy atom. The van der Waals surface area contributed by atoms with E-state index in [9.17, 15) is 13.9 Å². The second-order valence-corrected chi connectivity index (χ2v) is 7.15. The summed E-state index contributed by atoms with van der Waals surface area (Å²) in [5.74, 6) is -0.174. The number of aliphatic hydroxyl groups excluding tert-OH is 1. The minimum Gasteiger partial charge on any atom is -0.494 e. The van der Waals surface area contributed by atoms with Crippen LogP contribution in [0.25, 0.3) is 0 Å². The van der Waals surface area contributed by atoms with Crippen LogP contribution in [0.15, 0.2) is 42.5 Å². The Balaban J connectivity index is 1.67. The summed E-state index contributed by atoms with van der Waals surface area (Å²) in [4.78, 5) is 4.52. The van der Waals surface area contributed by atoms with Crippen LogP contribution in [0.3, 0.4) is 0 Å². The number of hydrogen-bond acceptors (Lipinski definition) is 4. The maximum atomic E-state index is 14.0.